The predicted molar refractivity (Wildman–Crippen MR) is 67.6 cm³/mol. The van der Waals surface area contributed by atoms with Gasteiger partial charge in [-0.2, -0.15) is 5.10 Å². The quantitative estimate of drug-likeness (QED) is 0.716. The highest BCUT2D eigenvalue weighted by molar-refractivity contribution is 7.15. The molecule has 2 N–H and O–H groups in total. The maximum atomic E-state index is 12.2. The lowest BCUT2D eigenvalue weighted by atomic mass is 10.4. The molecule has 0 amide bonds. The van der Waals surface area contributed by atoms with Crippen LogP contribution in [0.15, 0.2) is 23.3 Å². The van der Waals surface area contributed by atoms with Gasteiger partial charge < -0.3 is 10.3 Å². The first-order valence-electron chi connectivity index (χ1n) is 5.27. The van der Waals surface area contributed by atoms with Crippen molar-refractivity contribution in [2.75, 3.05) is 5.73 Å². The van der Waals surface area contributed by atoms with Crippen molar-refractivity contribution in [3.63, 3.8) is 0 Å². The Morgan fingerprint density at radius 3 is 2.94 bits per heavy atom. The number of hydrogen-bond acceptors (Lipinski definition) is 6. The van der Waals surface area contributed by atoms with Crippen molar-refractivity contribution in [3.8, 4) is 0 Å². The number of aromatic nitrogens is 5. The minimum absolute atomic E-state index is 0.105. The second kappa shape index (κ2) is 3.91. The number of nitrogens with two attached hydrogens (primary N) is 1. The van der Waals surface area contributed by atoms with Crippen molar-refractivity contribution in [3.05, 3.63) is 39.5 Å². The molecule has 3 heterocycles. The van der Waals surface area contributed by atoms with Crippen molar-refractivity contribution in [2.45, 2.75) is 13.5 Å². The van der Waals surface area contributed by atoms with Crippen LogP contribution in [0.1, 0.15) is 10.7 Å². The molecule has 8 heteroatoms. The number of hydrogen-bond donors (Lipinski definition) is 1. The molecule has 18 heavy (non-hydrogen) atoms. The fraction of sp³-hybridized carbons (Fsp3) is 0.200. The Morgan fingerprint density at radius 2 is 2.22 bits per heavy atom. The molecule has 0 aliphatic rings. The molecule has 7 nitrogen and oxygen atoms in total. The van der Waals surface area contributed by atoms with E-state index in [1.165, 1.54) is 11.3 Å². The smallest absolute Gasteiger partial charge is 0.276 e. The van der Waals surface area contributed by atoms with Gasteiger partial charge in [0.2, 0.25) is 5.13 Å². The number of aryl methyl sites for hydroxylation is 1. The minimum Gasteiger partial charge on any atom is -0.374 e. The van der Waals surface area contributed by atoms with Gasteiger partial charge in [0, 0.05) is 12.4 Å². The van der Waals surface area contributed by atoms with Crippen LogP contribution in [0.5, 0.6) is 0 Å². The number of nitrogen functional groups attached to an aromatic ring is 1. The van der Waals surface area contributed by atoms with E-state index in [0.29, 0.717) is 22.2 Å². The van der Waals surface area contributed by atoms with Crippen LogP contribution in [-0.2, 0) is 6.54 Å². The molecular weight excluding hydrogens is 252 g/mol. The molecule has 92 valence electrons. The topological polar surface area (TPSA) is 91.1 Å². The summed E-state index contributed by atoms with van der Waals surface area (Å²) in [6.07, 6.45) is 3.42. The van der Waals surface area contributed by atoms with Gasteiger partial charge in [-0.3, -0.25) is 4.79 Å². The zero-order chi connectivity index (χ0) is 12.7. The number of rotatable bonds is 2. The fourth-order valence-electron chi connectivity index (χ4n) is 1.75. The third kappa shape index (κ3) is 1.76. The SMILES string of the molecule is Cc1cc2c(=O)n(Cc3nnc(N)s3)ccn2n1. The van der Waals surface area contributed by atoms with E-state index in [1.807, 2.05) is 6.92 Å². The van der Waals surface area contributed by atoms with E-state index in [4.69, 9.17) is 5.73 Å². The second-order valence-electron chi connectivity index (χ2n) is 3.88. The van der Waals surface area contributed by atoms with Gasteiger partial charge >= 0.3 is 0 Å². The summed E-state index contributed by atoms with van der Waals surface area (Å²) in [5.41, 5.74) is 6.76. The molecule has 0 saturated carbocycles. The zero-order valence-electron chi connectivity index (χ0n) is 9.57. The van der Waals surface area contributed by atoms with Crippen LogP contribution >= 0.6 is 11.3 Å². The lowest BCUT2D eigenvalue weighted by Crippen LogP contribution is -2.21. The molecule has 0 unspecified atom stereocenters. The lowest BCUT2D eigenvalue weighted by molar-refractivity contribution is 0.729. The van der Waals surface area contributed by atoms with Crippen LogP contribution in [0.3, 0.4) is 0 Å². The molecule has 0 radical (unpaired) electrons. The van der Waals surface area contributed by atoms with E-state index in [-0.39, 0.29) is 5.56 Å². The van der Waals surface area contributed by atoms with Gasteiger partial charge in [0.1, 0.15) is 10.5 Å². The summed E-state index contributed by atoms with van der Waals surface area (Å²) in [5.74, 6) is 0. The normalized spacial score (nSPS) is 11.2. The summed E-state index contributed by atoms with van der Waals surface area (Å²) in [6.45, 7) is 2.22. The number of nitrogens with zero attached hydrogens (tertiary/aromatic N) is 5. The van der Waals surface area contributed by atoms with Gasteiger partial charge in [-0.15, -0.1) is 10.2 Å². The third-order valence-electron chi connectivity index (χ3n) is 2.51. The molecule has 0 atom stereocenters. The van der Waals surface area contributed by atoms with E-state index in [9.17, 15) is 4.79 Å². The van der Waals surface area contributed by atoms with Crippen LogP contribution in [-0.4, -0.2) is 24.4 Å². The summed E-state index contributed by atoms with van der Waals surface area (Å²) in [6, 6.07) is 1.76. The highest BCUT2D eigenvalue weighted by atomic mass is 32.1. The Balaban J connectivity index is 2.07. The Labute approximate surface area is 106 Å². The highest BCUT2D eigenvalue weighted by Gasteiger charge is 2.08. The van der Waals surface area contributed by atoms with Gasteiger partial charge in [-0.25, -0.2) is 4.52 Å². The van der Waals surface area contributed by atoms with Gasteiger partial charge in [0.15, 0.2) is 0 Å². The summed E-state index contributed by atoms with van der Waals surface area (Å²) in [5, 5.41) is 12.9. The standard InChI is InChI=1S/C10H10N6OS/c1-6-4-7-9(17)15(2-3-16(7)14-6)5-8-12-13-10(11)18-8/h2-4H,5H2,1H3,(H2,11,13). The minimum atomic E-state index is -0.105. The van der Waals surface area contributed by atoms with Crippen LogP contribution in [0.25, 0.3) is 5.52 Å². The molecule has 3 aromatic heterocycles. The highest BCUT2D eigenvalue weighted by Crippen LogP contribution is 2.11. The first kappa shape index (κ1) is 10.9. The van der Waals surface area contributed by atoms with Crippen LogP contribution < -0.4 is 11.3 Å². The molecule has 0 spiro atoms. The maximum Gasteiger partial charge on any atom is 0.276 e. The van der Waals surface area contributed by atoms with E-state index in [2.05, 4.69) is 15.3 Å². The van der Waals surface area contributed by atoms with E-state index >= 15 is 0 Å². The van der Waals surface area contributed by atoms with Crippen molar-refractivity contribution in [1.29, 1.82) is 0 Å². The monoisotopic (exact) mass is 262 g/mol. The largest absolute Gasteiger partial charge is 0.374 e. The Morgan fingerprint density at radius 1 is 1.39 bits per heavy atom. The molecule has 0 aromatic carbocycles. The van der Waals surface area contributed by atoms with Crippen LogP contribution in [0, 0.1) is 6.92 Å². The maximum absolute atomic E-state index is 12.2. The Hall–Kier alpha value is -2.22. The first-order valence-corrected chi connectivity index (χ1v) is 6.08. The molecule has 3 aromatic rings. The number of fused-ring (bicyclic) bond motifs is 1. The second-order valence-corrected chi connectivity index (χ2v) is 4.97. The first-order chi connectivity index (χ1) is 8.63. The molecule has 0 fully saturated rings. The summed E-state index contributed by atoms with van der Waals surface area (Å²) >= 11 is 1.28. The zero-order valence-corrected chi connectivity index (χ0v) is 10.4. The molecule has 0 saturated heterocycles. The lowest BCUT2D eigenvalue weighted by Gasteiger charge is -2.02. The van der Waals surface area contributed by atoms with Gasteiger partial charge in [-0.1, -0.05) is 11.3 Å². The Kier molecular flexibility index (Phi) is 2.37. The molecule has 3 rings (SSSR count). The van der Waals surface area contributed by atoms with Crippen molar-refractivity contribution >= 4 is 22.0 Å². The molecule has 0 aliphatic heterocycles. The van der Waals surface area contributed by atoms with Gasteiger partial charge in [0.25, 0.3) is 5.56 Å². The molecule has 0 bridgehead atoms. The third-order valence-corrected chi connectivity index (χ3v) is 3.25. The van der Waals surface area contributed by atoms with E-state index in [0.717, 1.165) is 5.69 Å². The van der Waals surface area contributed by atoms with E-state index in [1.54, 1.807) is 27.5 Å². The van der Waals surface area contributed by atoms with Gasteiger partial charge in [-0.05, 0) is 13.0 Å². The predicted octanol–water partition coefficient (Wildman–Crippen LogP) is 0.286. The molecular formula is C10H10N6OS. The Bertz CT molecular complexity index is 770. The summed E-state index contributed by atoms with van der Waals surface area (Å²) in [4.78, 5) is 12.2. The average molecular weight is 262 g/mol. The van der Waals surface area contributed by atoms with Crippen molar-refractivity contribution in [2.24, 2.45) is 0 Å². The van der Waals surface area contributed by atoms with E-state index < -0.39 is 0 Å². The van der Waals surface area contributed by atoms with Crippen molar-refractivity contribution in [1.82, 2.24) is 24.4 Å². The summed E-state index contributed by atoms with van der Waals surface area (Å²) < 4.78 is 3.14. The molecule has 0 aliphatic carbocycles. The summed E-state index contributed by atoms with van der Waals surface area (Å²) in [7, 11) is 0. The van der Waals surface area contributed by atoms with Gasteiger partial charge in [0.05, 0.1) is 12.2 Å². The van der Waals surface area contributed by atoms with Crippen molar-refractivity contribution < 1.29 is 0 Å². The average Bonchev–Trinajstić information content (AvgIpc) is 2.89. The fourth-order valence-corrected chi connectivity index (χ4v) is 2.36. The van der Waals surface area contributed by atoms with Crippen LogP contribution in [0.2, 0.25) is 0 Å². The number of anilines is 1. The van der Waals surface area contributed by atoms with Crippen LogP contribution in [0.4, 0.5) is 5.13 Å².